The summed E-state index contributed by atoms with van der Waals surface area (Å²) in [5.74, 6) is -2.57. The van der Waals surface area contributed by atoms with Crippen molar-refractivity contribution in [3.63, 3.8) is 0 Å². The maximum absolute atomic E-state index is 14.8. The number of carbonyl (C=O) groups excluding carboxylic acids is 5. The molecule has 1 fully saturated rings. The smallest absolute Gasteiger partial charge is 0.324 e. The van der Waals surface area contributed by atoms with Crippen LogP contribution < -0.4 is 16.1 Å². The fourth-order valence-electron chi connectivity index (χ4n) is 9.82. The molecule has 3 atom stereocenters. The summed E-state index contributed by atoms with van der Waals surface area (Å²) in [4.78, 5) is 82.6. The molecule has 4 N–H and O–H groups in total. The Labute approximate surface area is 469 Å². The molecule has 4 amide bonds. The first-order valence-electron chi connectivity index (χ1n) is 24.6. The maximum atomic E-state index is 14.8. The molecule has 1 saturated heterocycles. The number of phenols is 1. The highest BCUT2D eigenvalue weighted by molar-refractivity contribution is 7.59. The number of carbonyl (C=O) groups is 5. The number of hydrogen-bond acceptors (Lipinski definition) is 11. The fraction of sp³-hybridized carbons (Fsp3) is 0.463. The molecule has 0 saturated carbocycles. The molecule has 0 spiro atoms. The lowest BCUT2D eigenvalue weighted by Crippen LogP contribution is -2.62. The molecular weight excluding hydrogens is 1030 g/mol. The summed E-state index contributed by atoms with van der Waals surface area (Å²) in [5, 5.41) is 19.5. The highest BCUT2D eigenvalue weighted by Crippen LogP contribution is 2.42. The van der Waals surface area contributed by atoms with E-state index in [1.165, 1.54) is 33.8 Å². The first kappa shape index (κ1) is 63.8. The number of phenolic OH excluding ortho intramolecular Hbond substituents is 1. The van der Waals surface area contributed by atoms with Gasteiger partial charge in [-0.3, -0.25) is 34.0 Å². The SMILES string of the molecule is CCn1c(-c2cccnc2C(C)C)c2c3cc(ccc31)-c1cc(O)cc(c1)C[C@H](NC(=O)[C@H](C(C)C)N(C)C(=O)c1ncc(NC(=O)/C=C/CN(C)C)n1C)C(=O)N1CCC[C@H](N1)C(=O)OCC(C)(C)C2.S.S.S.S. The Morgan fingerprint density at radius 3 is 2.37 bits per heavy atom. The molecule has 0 radical (unpaired) electrons. The minimum atomic E-state index is -1.21. The van der Waals surface area contributed by atoms with Crippen LogP contribution >= 0.6 is 54.0 Å². The van der Waals surface area contributed by atoms with E-state index in [2.05, 4.69) is 78.4 Å². The summed E-state index contributed by atoms with van der Waals surface area (Å²) in [6.45, 7) is 15.8. The van der Waals surface area contributed by atoms with E-state index in [0.717, 1.165) is 39.0 Å². The van der Waals surface area contributed by atoms with Crippen LogP contribution in [0.25, 0.3) is 33.3 Å². The lowest BCUT2D eigenvalue weighted by Gasteiger charge is -2.36. The van der Waals surface area contributed by atoms with Crippen molar-refractivity contribution in [2.24, 2.45) is 18.4 Å². The second-order valence-electron chi connectivity index (χ2n) is 20.6. The zero-order valence-electron chi connectivity index (χ0n) is 45.0. The van der Waals surface area contributed by atoms with Crippen molar-refractivity contribution in [2.45, 2.75) is 105 Å². The molecule has 0 aliphatic carbocycles. The average molecular weight is 1110 g/mol. The third kappa shape index (κ3) is 14.5. The summed E-state index contributed by atoms with van der Waals surface area (Å²) in [7, 11) is 6.87. The van der Waals surface area contributed by atoms with Gasteiger partial charge in [0.2, 0.25) is 17.6 Å². The maximum Gasteiger partial charge on any atom is 0.324 e. The summed E-state index contributed by atoms with van der Waals surface area (Å²) in [6, 6.07) is 12.5. The van der Waals surface area contributed by atoms with Gasteiger partial charge in [0.05, 0.1) is 24.2 Å². The van der Waals surface area contributed by atoms with Crippen molar-refractivity contribution in [1.82, 2.24) is 44.7 Å². The average Bonchev–Trinajstić information content (AvgIpc) is 3.83. The van der Waals surface area contributed by atoms with Gasteiger partial charge in [0.1, 0.15) is 29.7 Å². The number of aromatic hydroxyl groups is 1. The molecule has 0 unspecified atom stereocenters. The normalized spacial score (nSPS) is 17.0. The van der Waals surface area contributed by atoms with Crippen LogP contribution in [-0.4, -0.2) is 128 Å². The topological polar surface area (TPSA) is 196 Å². The molecule has 2 aliphatic rings. The Morgan fingerprint density at radius 2 is 1.71 bits per heavy atom. The van der Waals surface area contributed by atoms with Gasteiger partial charge in [-0.2, -0.15) is 54.0 Å². The van der Waals surface area contributed by atoms with Gasteiger partial charge in [0.15, 0.2) is 0 Å². The predicted molar refractivity (Wildman–Crippen MR) is 316 cm³/mol. The van der Waals surface area contributed by atoms with E-state index in [0.29, 0.717) is 43.5 Å². The standard InChI is InChI=1S/C54H70N10O7.4H2S/c1-12-63-43-20-19-35-28-39(43)40(48(63)38-16-13-21-55-46(38)32(2)3)29-54(6,7)31-71-53(70)41-17-14-23-64(59-41)51(68)42(26-34-24-36(35)27-37(65)25-34)57-50(67)47(33(4)5)62(11)52(69)49-56-30-44(61(49)10)58-45(66)18-15-22-60(8)9;;;;/h13,15-16,18-21,24-25,27-28,30,32-33,41-42,47,59,65H,12,14,17,22-23,26,29,31H2,1-11H3,(H,57,67)(H,58,66);4*1H2/b18-15+;;;;/t41-,42-,47-;;;;/m0..../s1. The van der Waals surface area contributed by atoms with Crippen molar-refractivity contribution in [3.8, 4) is 28.1 Å². The van der Waals surface area contributed by atoms with Crippen LogP contribution in [-0.2, 0) is 50.3 Å². The van der Waals surface area contributed by atoms with Gasteiger partial charge in [-0.05, 0) is 111 Å². The number of imidazole rings is 1. The van der Waals surface area contributed by atoms with E-state index in [9.17, 15) is 29.1 Å². The first-order chi connectivity index (χ1) is 33.7. The monoisotopic (exact) mass is 1110 g/mol. The van der Waals surface area contributed by atoms with Crippen LogP contribution in [0.5, 0.6) is 5.75 Å². The highest BCUT2D eigenvalue weighted by atomic mass is 32.1. The highest BCUT2D eigenvalue weighted by Gasteiger charge is 2.38. The number of hydrogen-bond donors (Lipinski definition) is 4. The number of fused-ring (bicyclic) bond motifs is 6. The van der Waals surface area contributed by atoms with Crippen LogP contribution in [0.3, 0.4) is 0 Å². The predicted octanol–water partition coefficient (Wildman–Crippen LogP) is 6.91. The molecule has 21 heteroatoms. The lowest BCUT2D eigenvalue weighted by atomic mass is 9.83. The van der Waals surface area contributed by atoms with Crippen LogP contribution in [0, 0.1) is 11.3 Å². The molecule has 5 heterocycles. The number of nitrogens with one attached hydrogen (secondary N) is 3. The van der Waals surface area contributed by atoms with Crippen LogP contribution in [0.1, 0.15) is 94.7 Å². The van der Waals surface area contributed by atoms with Crippen molar-refractivity contribution in [2.75, 3.05) is 46.2 Å². The van der Waals surface area contributed by atoms with E-state index in [-0.39, 0.29) is 96.9 Å². The Balaban J connectivity index is 0.00000371. The molecule has 2 aromatic carbocycles. The van der Waals surface area contributed by atoms with E-state index in [4.69, 9.17) is 9.72 Å². The summed E-state index contributed by atoms with van der Waals surface area (Å²) < 4.78 is 9.90. The number of nitrogens with zero attached hydrogens (tertiary/aromatic N) is 7. The Kier molecular flexibility index (Phi) is 23.0. The second-order valence-corrected chi connectivity index (χ2v) is 20.6. The van der Waals surface area contributed by atoms with E-state index in [1.54, 1.807) is 39.1 Å². The molecular formula is C54H78N10O7S4. The molecule has 410 valence electrons. The van der Waals surface area contributed by atoms with E-state index >= 15 is 0 Å². The number of hydrazine groups is 1. The number of rotatable bonds is 12. The number of anilines is 1. The third-order valence-corrected chi connectivity index (χ3v) is 13.3. The van der Waals surface area contributed by atoms with Crippen LogP contribution in [0.15, 0.2) is 73.1 Å². The zero-order valence-corrected chi connectivity index (χ0v) is 49.0. The summed E-state index contributed by atoms with van der Waals surface area (Å²) in [6.07, 6.45) is 7.78. The number of aryl methyl sites for hydroxylation is 1. The molecule has 7 rings (SSSR count). The molecule has 5 aromatic rings. The van der Waals surface area contributed by atoms with E-state index < -0.39 is 59.1 Å². The zero-order chi connectivity index (χ0) is 51.5. The summed E-state index contributed by atoms with van der Waals surface area (Å²) in [5.41, 5.74) is 9.93. The van der Waals surface area contributed by atoms with Crippen LogP contribution in [0.2, 0.25) is 0 Å². The quantitative estimate of drug-likeness (QED) is 0.0749. The number of amides is 4. The Hall–Kier alpha value is -5.45. The Bertz CT molecular complexity index is 2860. The molecule has 2 aliphatic heterocycles. The minimum absolute atomic E-state index is 0. The van der Waals surface area contributed by atoms with Gasteiger partial charge in [0.25, 0.3) is 11.8 Å². The van der Waals surface area contributed by atoms with Crippen molar-refractivity contribution in [3.05, 3.63) is 95.7 Å². The van der Waals surface area contributed by atoms with Crippen molar-refractivity contribution in [1.29, 1.82) is 0 Å². The van der Waals surface area contributed by atoms with Gasteiger partial charge >= 0.3 is 5.97 Å². The first-order valence-corrected chi connectivity index (χ1v) is 24.6. The van der Waals surface area contributed by atoms with Gasteiger partial charge < -0.3 is 39.4 Å². The van der Waals surface area contributed by atoms with Gasteiger partial charge in [-0.1, -0.05) is 59.8 Å². The molecule has 75 heavy (non-hydrogen) atoms. The number of cyclic esters (lactones) is 1. The summed E-state index contributed by atoms with van der Waals surface area (Å²) >= 11 is 0. The number of esters is 1. The third-order valence-electron chi connectivity index (χ3n) is 13.3. The van der Waals surface area contributed by atoms with Gasteiger partial charge in [-0.15, -0.1) is 0 Å². The number of aromatic nitrogens is 4. The Morgan fingerprint density at radius 1 is 0.987 bits per heavy atom. The van der Waals surface area contributed by atoms with Crippen molar-refractivity contribution >= 4 is 100 Å². The van der Waals surface area contributed by atoms with E-state index in [1.807, 2.05) is 43.4 Å². The largest absolute Gasteiger partial charge is 0.508 e. The number of ether oxygens (including phenoxy) is 1. The van der Waals surface area contributed by atoms with Crippen LogP contribution in [0.4, 0.5) is 5.82 Å². The lowest BCUT2D eigenvalue weighted by molar-refractivity contribution is -0.155. The molecule has 17 nitrogen and oxygen atoms in total. The second kappa shape index (κ2) is 27.0. The number of pyridine rings is 1. The van der Waals surface area contributed by atoms with Gasteiger partial charge in [-0.25, -0.2) is 10.4 Å². The minimum Gasteiger partial charge on any atom is -0.508 e. The number of likely N-dealkylation sites (N-methyl/N-ethyl adjacent to an activating group) is 2. The number of benzene rings is 2. The van der Waals surface area contributed by atoms with Gasteiger partial charge in [0, 0.05) is 74.3 Å². The van der Waals surface area contributed by atoms with Crippen molar-refractivity contribution < 1.29 is 33.8 Å². The molecule has 6 bridgehead atoms. The molecule has 3 aromatic heterocycles. The fourth-order valence-corrected chi connectivity index (χ4v) is 9.82.